The Kier molecular flexibility index (Phi) is 3.51. The van der Waals surface area contributed by atoms with Gasteiger partial charge in [0.05, 0.1) is 0 Å². The molecule has 0 amide bonds. The molecule has 1 heterocycles. The summed E-state index contributed by atoms with van der Waals surface area (Å²) in [5, 5.41) is 3.32. The Balaban J connectivity index is 2.09. The maximum atomic E-state index is 5.82. The lowest BCUT2D eigenvalue weighted by molar-refractivity contribution is 0.468. The van der Waals surface area contributed by atoms with E-state index in [-0.39, 0.29) is 5.54 Å². The third-order valence-corrected chi connectivity index (χ3v) is 1.81. The van der Waals surface area contributed by atoms with Crippen LogP contribution in [0.25, 0.3) is 0 Å². The molecule has 0 spiro atoms. The van der Waals surface area contributed by atoms with Gasteiger partial charge in [0.15, 0.2) is 0 Å². The van der Waals surface area contributed by atoms with Crippen LogP contribution in [0.5, 0.6) is 0 Å². The second-order valence-corrected chi connectivity index (χ2v) is 4.11. The summed E-state index contributed by atoms with van der Waals surface area (Å²) in [4.78, 5) is 3.16. The number of rotatable bonds is 5. The van der Waals surface area contributed by atoms with Crippen molar-refractivity contribution < 1.29 is 0 Å². The molecule has 0 aliphatic heterocycles. The van der Waals surface area contributed by atoms with E-state index in [9.17, 15) is 0 Å². The quantitative estimate of drug-likeness (QED) is 0.591. The van der Waals surface area contributed by atoms with E-state index < -0.39 is 0 Å². The van der Waals surface area contributed by atoms with Crippen molar-refractivity contribution in [3.05, 3.63) is 24.0 Å². The van der Waals surface area contributed by atoms with E-state index in [1.54, 1.807) is 0 Å². The highest BCUT2D eigenvalue weighted by atomic mass is 14.9. The average molecular weight is 181 g/mol. The summed E-state index contributed by atoms with van der Waals surface area (Å²) < 4.78 is 0. The van der Waals surface area contributed by atoms with Crippen LogP contribution in [0.1, 0.15) is 19.5 Å². The monoisotopic (exact) mass is 181 g/mol. The van der Waals surface area contributed by atoms with Gasteiger partial charge < -0.3 is 16.0 Å². The van der Waals surface area contributed by atoms with E-state index in [0.717, 1.165) is 19.5 Å². The molecule has 4 N–H and O–H groups in total. The topological polar surface area (TPSA) is 53.8 Å². The molecule has 74 valence electrons. The van der Waals surface area contributed by atoms with Gasteiger partial charge in [0, 0.05) is 30.5 Å². The summed E-state index contributed by atoms with van der Waals surface area (Å²) in [5.74, 6) is 0. The lowest BCUT2D eigenvalue weighted by atomic mass is 10.1. The molecule has 0 fully saturated rings. The Bertz CT molecular complexity index is 221. The van der Waals surface area contributed by atoms with Gasteiger partial charge in [0.1, 0.15) is 0 Å². The predicted molar refractivity (Wildman–Crippen MR) is 55.6 cm³/mol. The largest absolute Gasteiger partial charge is 0.365 e. The Morgan fingerprint density at radius 1 is 1.54 bits per heavy atom. The van der Waals surface area contributed by atoms with E-state index in [4.69, 9.17) is 5.73 Å². The number of aromatic nitrogens is 1. The van der Waals surface area contributed by atoms with Gasteiger partial charge in [-0.05, 0) is 32.4 Å². The number of nitrogens with two attached hydrogens (primary N) is 1. The van der Waals surface area contributed by atoms with Crippen molar-refractivity contribution in [2.45, 2.75) is 25.8 Å². The number of nitrogens with one attached hydrogen (secondary N) is 2. The van der Waals surface area contributed by atoms with Crippen molar-refractivity contribution in [1.82, 2.24) is 10.3 Å². The van der Waals surface area contributed by atoms with Crippen LogP contribution in [-0.2, 0) is 6.42 Å². The van der Waals surface area contributed by atoms with Crippen molar-refractivity contribution >= 4 is 0 Å². The molecule has 13 heavy (non-hydrogen) atoms. The average Bonchev–Trinajstić information content (AvgIpc) is 2.48. The van der Waals surface area contributed by atoms with E-state index in [1.165, 1.54) is 5.69 Å². The predicted octanol–water partition coefficient (Wildman–Crippen LogP) is 0.884. The van der Waals surface area contributed by atoms with Crippen LogP contribution in [0.4, 0.5) is 0 Å². The zero-order chi connectivity index (χ0) is 9.73. The molecule has 0 radical (unpaired) electrons. The normalized spacial score (nSPS) is 11.9. The first kappa shape index (κ1) is 10.3. The summed E-state index contributed by atoms with van der Waals surface area (Å²) in [6.07, 6.45) is 2.98. The molecule has 3 heteroatoms. The minimum absolute atomic E-state index is 0.115. The van der Waals surface area contributed by atoms with Gasteiger partial charge in [-0.3, -0.25) is 0 Å². The van der Waals surface area contributed by atoms with Crippen molar-refractivity contribution in [3.8, 4) is 0 Å². The third kappa shape index (κ3) is 4.70. The molecular weight excluding hydrogens is 162 g/mol. The maximum Gasteiger partial charge on any atom is 0.0223 e. The van der Waals surface area contributed by atoms with Gasteiger partial charge in [-0.1, -0.05) is 0 Å². The SMILES string of the molecule is CC(C)(N)CNCCc1ccc[nH]1. The molecule has 1 rings (SSSR count). The maximum absolute atomic E-state index is 5.82. The van der Waals surface area contributed by atoms with Gasteiger partial charge in [0.2, 0.25) is 0 Å². The second kappa shape index (κ2) is 4.44. The fourth-order valence-corrected chi connectivity index (χ4v) is 1.16. The molecule has 0 saturated carbocycles. The molecule has 0 atom stereocenters. The zero-order valence-electron chi connectivity index (χ0n) is 8.43. The Morgan fingerprint density at radius 2 is 2.31 bits per heavy atom. The third-order valence-electron chi connectivity index (χ3n) is 1.81. The molecule has 1 aromatic heterocycles. The summed E-state index contributed by atoms with van der Waals surface area (Å²) in [6.45, 7) is 5.87. The van der Waals surface area contributed by atoms with Crippen LogP contribution >= 0.6 is 0 Å². The Hall–Kier alpha value is -0.800. The Labute approximate surface area is 79.7 Å². The van der Waals surface area contributed by atoms with Crippen molar-refractivity contribution in [1.29, 1.82) is 0 Å². The number of aromatic amines is 1. The minimum atomic E-state index is -0.115. The molecule has 0 aromatic carbocycles. The van der Waals surface area contributed by atoms with Crippen LogP contribution in [0.15, 0.2) is 18.3 Å². The Morgan fingerprint density at radius 3 is 2.85 bits per heavy atom. The first-order chi connectivity index (χ1) is 6.08. The molecule has 0 saturated heterocycles. The molecule has 0 bridgehead atoms. The van der Waals surface area contributed by atoms with Crippen LogP contribution < -0.4 is 11.1 Å². The van der Waals surface area contributed by atoms with Gasteiger partial charge in [0.25, 0.3) is 0 Å². The lowest BCUT2D eigenvalue weighted by Gasteiger charge is -2.18. The first-order valence-corrected chi connectivity index (χ1v) is 4.70. The fourth-order valence-electron chi connectivity index (χ4n) is 1.16. The van der Waals surface area contributed by atoms with Crippen LogP contribution in [0.2, 0.25) is 0 Å². The van der Waals surface area contributed by atoms with E-state index >= 15 is 0 Å². The molecule has 1 aromatic rings. The number of hydrogen-bond donors (Lipinski definition) is 3. The summed E-state index contributed by atoms with van der Waals surface area (Å²) in [6, 6.07) is 4.11. The highest BCUT2D eigenvalue weighted by Gasteiger charge is 2.08. The molecule has 3 nitrogen and oxygen atoms in total. The smallest absolute Gasteiger partial charge is 0.0223 e. The van der Waals surface area contributed by atoms with Crippen LogP contribution in [0.3, 0.4) is 0 Å². The fraction of sp³-hybridized carbons (Fsp3) is 0.600. The van der Waals surface area contributed by atoms with Crippen molar-refractivity contribution in [2.75, 3.05) is 13.1 Å². The van der Waals surface area contributed by atoms with Crippen LogP contribution in [0, 0.1) is 0 Å². The summed E-state index contributed by atoms with van der Waals surface area (Å²) in [5.41, 5.74) is 6.98. The van der Waals surface area contributed by atoms with E-state index in [1.807, 2.05) is 26.1 Å². The van der Waals surface area contributed by atoms with Crippen molar-refractivity contribution in [3.63, 3.8) is 0 Å². The van der Waals surface area contributed by atoms with E-state index in [2.05, 4.69) is 16.4 Å². The van der Waals surface area contributed by atoms with Gasteiger partial charge in [-0.15, -0.1) is 0 Å². The summed E-state index contributed by atoms with van der Waals surface area (Å²) in [7, 11) is 0. The molecule has 0 aliphatic rings. The molecule has 0 unspecified atom stereocenters. The van der Waals surface area contributed by atoms with Gasteiger partial charge in [-0.25, -0.2) is 0 Å². The minimum Gasteiger partial charge on any atom is -0.365 e. The second-order valence-electron chi connectivity index (χ2n) is 4.11. The molecule has 0 aliphatic carbocycles. The highest BCUT2D eigenvalue weighted by molar-refractivity contribution is 5.03. The van der Waals surface area contributed by atoms with E-state index in [0.29, 0.717) is 0 Å². The van der Waals surface area contributed by atoms with Gasteiger partial charge in [-0.2, -0.15) is 0 Å². The first-order valence-electron chi connectivity index (χ1n) is 4.70. The lowest BCUT2D eigenvalue weighted by Crippen LogP contribution is -2.43. The van der Waals surface area contributed by atoms with Crippen molar-refractivity contribution in [2.24, 2.45) is 5.73 Å². The number of hydrogen-bond acceptors (Lipinski definition) is 2. The molecular formula is C10H19N3. The standard InChI is InChI=1S/C10H19N3/c1-10(2,11)8-12-7-5-9-4-3-6-13-9/h3-4,6,12-13H,5,7-8,11H2,1-2H3. The van der Waals surface area contributed by atoms with Gasteiger partial charge >= 0.3 is 0 Å². The number of H-pyrrole nitrogens is 1. The zero-order valence-corrected chi connectivity index (χ0v) is 8.43. The van der Waals surface area contributed by atoms with Crippen LogP contribution in [-0.4, -0.2) is 23.6 Å². The summed E-state index contributed by atoms with van der Waals surface area (Å²) >= 11 is 0. The highest BCUT2D eigenvalue weighted by Crippen LogP contribution is 1.95.